The van der Waals surface area contributed by atoms with Gasteiger partial charge in [-0.05, 0) is 64.3 Å². The summed E-state index contributed by atoms with van der Waals surface area (Å²) in [4.78, 5) is 14.8. The average Bonchev–Trinajstić information content (AvgIpc) is 2.83. The Morgan fingerprint density at radius 2 is 2.00 bits per heavy atom. The zero-order valence-electron chi connectivity index (χ0n) is 11.8. The zero-order chi connectivity index (χ0) is 13.3. The van der Waals surface area contributed by atoms with Crippen molar-refractivity contribution in [2.75, 3.05) is 14.1 Å². The summed E-state index contributed by atoms with van der Waals surface area (Å²) in [6.45, 7) is 4.01. The fraction of sp³-hybridized carbons (Fsp3) is 0.800. The van der Waals surface area contributed by atoms with E-state index < -0.39 is 5.60 Å². The molecule has 3 rings (SSSR count). The Bertz CT molecular complexity index is 453. The van der Waals surface area contributed by atoms with E-state index in [2.05, 4.69) is 11.8 Å². The van der Waals surface area contributed by atoms with Gasteiger partial charge in [0.15, 0.2) is 5.78 Å². The van der Waals surface area contributed by atoms with Gasteiger partial charge >= 0.3 is 0 Å². The van der Waals surface area contributed by atoms with Gasteiger partial charge in [0.1, 0.15) is 0 Å². The van der Waals surface area contributed by atoms with E-state index in [0.29, 0.717) is 5.92 Å². The minimum Gasteiger partial charge on any atom is -0.389 e. The molecule has 100 valence electrons. The van der Waals surface area contributed by atoms with Crippen LogP contribution in [0.25, 0.3) is 0 Å². The summed E-state index contributed by atoms with van der Waals surface area (Å²) >= 11 is 0. The van der Waals surface area contributed by atoms with Crippen molar-refractivity contribution < 1.29 is 9.90 Å². The van der Waals surface area contributed by atoms with Crippen LogP contribution in [-0.4, -0.2) is 41.0 Å². The minimum atomic E-state index is -0.750. The normalized spacial score (nSPS) is 47.1. The number of Topliss-reactive ketones (excluding diaryl/α,β-unsaturated/α-hetero) is 1. The number of carbonyl (C=O) groups is 1. The molecule has 0 aromatic carbocycles. The Morgan fingerprint density at radius 1 is 1.33 bits per heavy atom. The first-order chi connectivity index (χ1) is 8.35. The van der Waals surface area contributed by atoms with Gasteiger partial charge in [0.25, 0.3) is 0 Å². The van der Waals surface area contributed by atoms with E-state index in [1.165, 1.54) is 5.57 Å². The van der Waals surface area contributed by atoms with E-state index >= 15 is 0 Å². The molecule has 0 saturated heterocycles. The Labute approximate surface area is 109 Å². The molecule has 1 N–H and O–H groups in total. The highest BCUT2D eigenvalue weighted by Gasteiger charge is 2.69. The molecule has 2 saturated carbocycles. The van der Waals surface area contributed by atoms with Crippen LogP contribution in [0.4, 0.5) is 0 Å². The molecule has 0 aromatic heterocycles. The summed E-state index contributed by atoms with van der Waals surface area (Å²) in [6, 6.07) is 0. The predicted molar refractivity (Wildman–Crippen MR) is 70.2 cm³/mol. The van der Waals surface area contributed by atoms with E-state index in [9.17, 15) is 9.90 Å². The number of ketones is 1. The number of fused-ring (bicyclic) bond motifs is 3. The van der Waals surface area contributed by atoms with Crippen molar-refractivity contribution in [3.63, 3.8) is 0 Å². The Morgan fingerprint density at radius 3 is 2.61 bits per heavy atom. The summed E-state index contributed by atoms with van der Waals surface area (Å²) in [7, 11) is 4.10. The number of nitrogens with zero attached hydrogens (tertiary/aromatic N) is 1. The topological polar surface area (TPSA) is 40.5 Å². The highest BCUT2D eigenvalue weighted by molar-refractivity contribution is 6.03. The van der Waals surface area contributed by atoms with E-state index in [4.69, 9.17) is 0 Å². The number of carbonyl (C=O) groups excluding carboxylic acids is 1. The molecule has 0 radical (unpaired) electrons. The van der Waals surface area contributed by atoms with Gasteiger partial charge < -0.3 is 5.11 Å². The molecule has 0 amide bonds. The molecule has 3 nitrogen and oxygen atoms in total. The van der Waals surface area contributed by atoms with Gasteiger partial charge in [-0.3, -0.25) is 9.69 Å². The predicted octanol–water partition coefficient (Wildman–Crippen LogP) is 1.76. The molecule has 3 aliphatic carbocycles. The lowest BCUT2D eigenvalue weighted by molar-refractivity contribution is -0.130. The number of likely N-dealkylation sites (N-methyl/N-ethyl adjacent to an activating group) is 1. The van der Waals surface area contributed by atoms with Crippen LogP contribution >= 0.6 is 0 Å². The largest absolute Gasteiger partial charge is 0.389 e. The summed E-state index contributed by atoms with van der Waals surface area (Å²) < 4.78 is 0. The molecule has 2 fully saturated rings. The Balaban J connectivity index is 2.18. The lowest BCUT2D eigenvalue weighted by atomic mass is 9.78. The van der Waals surface area contributed by atoms with Crippen LogP contribution in [0.3, 0.4) is 0 Å². The molecule has 18 heavy (non-hydrogen) atoms. The molecule has 0 heterocycles. The van der Waals surface area contributed by atoms with Crippen LogP contribution in [0.5, 0.6) is 0 Å². The van der Waals surface area contributed by atoms with Crippen LogP contribution < -0.4 is 0 Å². The molecule has 0 spiro atoms. The second kappa shape index (κ2) is 3.45. The molecule has 3 heteroatoms. The smallest absolute Gasteiger partial charge is 0.166 e. The Kier molecular flexibility index (Phi) is 2.37. The maximum absolute atomic E-state index is 12.6. The van der Waals surface area contributed by atoms with Crippen LogP contribution in [0, 0.1) is 11.8 Å². The lowest BCUT2D eigenvalue weighted by Crippen LogP contribution is -2.53. The maximum atomic E-state index is 12.6. The lowest BCUT2D eigenvalue weighted by Gasteiger charge is -2.40. The molecule has 0 bridgehead atoms. The fourth-order valence-corrected chi connectivity index (χ4v) is 4.97. The number of aliphatic hydroxyl groups is 1. The first kappa shape index (κ1) is 12.4. The van der Waals surface area contributed by atoms with Gasteiger partial charge in [0.2, 0.25) is 0 Å². The second-order valence-electron chi connectivity index (χ2n) is 6.65. The standard InChI is InChI=1S/C15H23NO2/c1-9-10(2)14(16(3)4)8-11-6-5-7-15(11,18)13(14)12(9)17/h11,13,18H,5-8H2,1-4H3/t11-,13-,14-,15+/m0/s1. The van der Waals surface area contributed by atoms with Gasteiger partial charge in [0, 0.05) is 0 Å². The van der Waals surface area contributed by atoms with Crippen molar-refractivity contribution in [2.24, 2.45) is 11.8 Å². The first-order valence-electron chi connectivity index (χ1n) is 6.97. The third-order valence-electron chi connectivity index (χ3n) is 6.01. The van der Waals surface area contributed by atoms with Gasteiger partial charge in [-0.15, -0.1) is 0 Å². The quantitative estimate of drug-likeness (QED) is 0.770. The molecule has 0 aliphatic heterocycles. The van der Waals surface area contributed by atoms with E-state index in [0.717, 1.165) is 31.3 Å². The van der Waals surface area contributed by atoms with E-state index in [1.807, 2.05) is 21.0 Å². The van der Waals surface area contributed by atoms with Gasteiger partial charge in [-0.25, -0.2) is 0 Å². The molecule has 4 atom stereocenters. The summed E-state index contributed by atoms with van der Waals surface area (Å²) in [5.41, 5.74) is 1.10. The van der Waals surface area contributed by atoms with Crippen LogP contribution in [0.1, 0.15) is 39.5 Å². The molecular formula is C15H23NO2. The third-order valence-corrected chi connectivity index (χ3v) is 6.01. The molecule has 0 aromatic rings. The zero-order valence-corrected chi connectivity index (χ0v) is 11.8. The van der Waals surface area contributed by atoms with Crippen LogP contribution in [0.2, 0.25) is 0 Å². The summed E-state index contributed by atoms with van der Waals surface area (Å²) in [5.74, 6) is 0.262. The highest BCUT2D eigenvalue weighted by Crippen LogP contribution is 2.62. The SMILES string of the molecule is CC1=C(C)[C@@]2(N(C)C)C[C@@H]3CCC[C@]3(O)[C@H]2C1=O. The fourth-order valence-electron chi connectivity index (χ4n) is 4.97. The summed E-state index contributed by atoms with van der Waals surface area (Å²) in [6.07, 6.45) is 3.87. The van der Waals surface area contributed by atoms with Crippen LogP contribution in [0.15, 0.2) is 11.1 Å². The number of hydrogen-bond acceptors (Lipinski definition) is 3. The van der Waals surface area contributed by atoms with Crippen LogP contribution in [-0.2, 0) is 4.79 Å². The second-order valence-corrected chi connectivity index (χ2v) is 6.65. The summed E-state index contributed by atoms with van der Waals surface area (Å²) in [5, 5.41) is 11.0. The van der Waals surface area contributed by atoms with Gasteiger partial charge in [-0.2, -0.15) is 0 Å². The first-order valence-corrected chi connectivity index (χ1v) is 6.97. The maximum Gasteiger partial charge on any atom is 0.166 e. The van der Waals surface area contributed by atoms with Crippen molar-refractivity contribution >= 4 is 5.78 Å². The van der Waals surface area contributed by atoms with Gasteiger partial charge in [0.05, 0.1) is 17.1 Å². The van der Waals surface area contributed by atoms with Crippen molar-refractivity contribution in [1.29, 1.82) is 0 Å². The highest BCUT2D eigenvalue weighted by atomic mass is 16.3. The van der Waals surface area contributed by atoms with Crippen molar-refractivity contribution in [3.05, 3.63) is 11.1 Å². The monoisotopic (exact) mass is 249 g/mol. The van der Waals surface area contributed by atoms with Crippen molar-refractivity contribution in [3.8, 4) is 0 Å². The number of allylic oxidation sites excluding steroid dienone is 1. The van der Waals surface area contributed by atoms with E-state index in [-0.39, 0.29) is 17.2 Å². The molecule has 0 unspecified atom stereocenters. The number of rotatable bonds is 1. The molecule has 3 aliphatic rings. The Hall–Kier alpha value is -0.670. The average molecular weight is 249 g/mol. The molecular weight excluding hydrogens is 226 g/mol. The van der Waals surface area contributed by atoms with Gasteiger partial charge in [-0.1, -0.05) is 6.42 Å². The number of hydrogen-bond donors (Lipinski definition) is 1. The van der Waals surface area contributed by atoms with Crippen molar-refractivity contribution in [2.45, 2.75) is 50.7 Å². The third kappa shape index (κ3) is 1.11. The van der Waals surface area contributed by atoms with E-state index in [1.54, 1.807) is 0 Å². The minimum absolute atomic E-state index is 0.188. The van der Waals surface area contributed by atoms with Crippen molar-refractivity contribution in [1.82, 2.24) is 4.90 Å².